The summed E-state index contributed by atoms with van der Waals surface area (Å²) in [5.74, 6) is 2.19. The van der Waals surface area contributed by atoms with E-state index < -0.39 is 0 Å². The lowest BCUT2D eigenvalue weighted by Crippen LogP contribution is -2.19. The van der Waals surface area contributed by atoms with Crippen molar-refractivity contribution in [3.05, 3.63) is 0 Å². The van der Waals surface area contributed by atoms with E-state index in [4.69, 9.17) is 19.8 Å². The zero-order valence-corrected chi connectivity index (χ0v) is 18.7. The molecule has 0 aromatic carbocycles. The Morgan fingerprint density at radius 2 is 0.893 bits per heavy atom. The molecule has 2 atom stereocenters. The van der Waals surface area contributed by atoms with Crippen molar-refractivity contribution in [3.63, 3.8) is 0 Å². The summed E-state index contributed by atoms with van der Waals surface area (Å²) in [6.07, 6.45) is 26.9. The molecule has 28 heavy (non-hydrogen) atoms. The van der Waals surface area contributed by atoms with Crippen LogP contribution in [0.4, 0.5) is 0 Å². The molecule has 0 aromatic heterocycles. The molecule has 0 heterocycles. The number of rotatable bonds is 14. The third-order valence-electron chi connectivity index (χ3n) is 5.92. The fraction of sp³-hybridized carbons (Fsp3) is 0.917. The Hall–Kier alpha value is -1.06. The second kappa shape index (κ2) is 25.9. The van der Waals surface area contributed by atoms with Crippen LogP contribution >= 0.6 is 0 Å². The van der Waals surface area contributed by atoms with E-state index in [0.29, 0.717) is 0 Å². The van der Waals surface area contributed by atoms with Gasteiger partial charge in [-0.2, -0.15) is 0 Å². The number of hydrogen-bond acceptors (Lipinski definition) is 2. The van der Waals surface area contributed by atoms with Gasteiger partial charge in [-0.05, 0) is 11.8 Å². The largest absolute Gasteiger partial charge is 0.483 e. The van der Waals surface area contributed by atoms with Crippen LogP contribution in [0.5, 0.6) is 0 Å². The smallest absolute Gasteiger partial charge is 0.290 e. The van der Waals surface area contributed by atoms with Gasteiger partial charge in [-0.1, -0.05) is 129 Å². The minimum atomic E-state index is -0.250. The number of carbonyl (C=O) groups is 2. The molecule has 1 rings (SSSR count). The third kappa shape index (κ3) is 21.2. The normalized spacial score (nSPS) is 18.2. The Labute approximate surface area is 174 Å². The molecule has 0 bridgehead atoms. The first kappa shape index (κ1) is 29.1. The van der Waals surface area contributed by atoms with Crippen LogP contribution in [0.3, 0.4) is 0 Å². The van der Waals surface area contributed by atoms with Crippen LogP contribution in [-0.2, 0) is 9.59 Å². The van der Waals surface area contributed by atoms with Crippen molar-refractivity contribution in [1.29, 1.82) is 0 Å². The Balaban J connectivity index is 0. The van der Waals surface area contributed by atoms with Crippen LogP contribution in [0.15, 0.2) is 0 Å². The van der Waals surface area contributed by atoms with E-state index in [0.717, 1.165) is 11.8 Å². The van der Waals surface area contributed by atoms with E-state index in [1.54, 1.807) is 25.7 Å². The average molecular weight is 401 g/mol. The van der Waals surface area contributed by atoms with E-state index in [2.05, 4.69) is 13.8 Å². The Kier molecular flexibility index (Phi) is 27.0. The fourth-order valence-corrected chi connectivity index (χ4v) is 4.42. The maximum Gasteiger partial charge on any atom is 0.290 e. The number of carboxylic acid groups (broad SMARTS) is 2. The minimum absolute atomic E-state index is 0.250. The number of unbranched alkanes of at least 4 members (excludes halogenated alkanes) is 10. The molecule has 2 N–H and O–H groups in total. The Morgan fingerprint density at radius 3 is 1.21 bits per heavy atom. The minimum Gasteiger partial charge on any atom is -0.483 e. The molecule has 1 fully saturated rings. The van der Waals surface area contributed by atoms with E-state index in [1.807, 2.05) is 0 Å². The predicted octanol–water partition coefficient (Wildman–Crippen LogP) is 7.70. The maximum absolute atomic E-state index is 8.36. The standard InChI is InChI=1S/C22H44.2CH2O2/c1-3-5-7-9-11-13-17-21-19-15-16-20-22(21)18-14-12-10-8-6-4-2;2*2-1-3/h21-22H,3-20H2,1-2H3;2*1H,(H,2,3). The highest BCUT2D eigenvalue weighted by Crippen LogP contribution is 2.36. The van der Waals surface area contributed by atoms with Crippen LogP contribution < -0.4 is 0 Å². The summed E-state index contributed by atoms with van der Waals surface area (Å²) < 4.78 is 0. The monoisotopic (exact) mass is 400 g/mol. The van der Waals surface area contributed by atoms with Crippen molar-refractivity contribution in [3.8, 4) is 0 Å². The highest BCUT2D eigenvalue weighted by atomic mass is 16.3. The summed E-state index contributed by atoms with van der Waals surface area (Å²) in [6.45, 7) is 4.13. The van der Waals surface area contributed by atoms with Gasteiger partial charge in [-0.3, -0.25) is 9.59 Å². The quantitative estimate of drug-likeness (QED) is 0.231. The summed E-state index contributed by atoms with van der Waals surface area (Å²) in [5, 5.41) is 13.8. The molecule has 1 aliphatic rings. The van der Waals surface area contributed by atoms with Crippen molar-refractivity contribution in [2.45, 2.75) is 129 Å². The highest BCUT2D eigenvalue weighted by Gasteiger charge is 2.23. The summed E-state index contributed by atoms with van der Waals surface area (Å²) in [6, 6.07) is 0. The van der Waals surface area contributed by atoms with Crippen molar-refractivity contribution in [1.82, 2.24) is 0 Å². The van der Waals surface area contributed by atoms with Crippen LogP contribution in [0, 0.1) is 11.8 Å². The van der Waals surface area contributed by atoms with Crippen LogP contribution in [0.2, 0.25) is 0 Å². The number of hydrogen-bond donors (Lipinski definition) is 2. The van der Waals surface area contributed by atoms with Crippen molar-refractivity contribution in [2.75, 3.05) is 0 Å². The Bertz CT molecular complexity index is 277. The van der Waals surface area contributed by atoms with Gasteiger partial charge < -0.3 is 10.2 Å². The zero-order chi connectivity index (χ0) is 21.3. The zero-order valence-electron chi connectivity index (χ0n) is 18.7. The van der Waals surface area contributed by atoms with Crippen LogP contribution in [0.1, 0.15) is 129 Å². The van der Waals surface area contributed by atoms with Crippen molar-refractivity contribution >= 4 is 12.9 Å². The molecule has 0 aliphatic heterocycles. The first-order chi connectivity index (χ1) is 13.7. The fourth-order valence-electron chi connectivity index (χ4n) is 4.42. The molecule has 4 heteroatoms. The van der Waals surface area contributed by atoms with E-state index in [1.165, 1.54) is 89.9 Å². The van der Waals surface area contributed by atoms with Gasteiger partial charge in [0.25, 0.3) is 12.9 Å². The molecule has 0 radical (unpaired) electrons. The molecule has 0 spiro atoms. The molecule has 2 unspecified atom stereocenters. The molecule has 1 saturated carbocycles. The third-order valence-corrected chi connectivity index (χ3v) is 5.92. The van der Waals surface area contributed by atoms with Gasteiger partial charge >= 0.3 is 0 Å². The molecule has 0 aromatic rings. The Morgan fingerprint density at radius 1 is 0.607 bits per heavy atom. The van der Waals surface area contributed by atoms with Crippen molar-refractivity contribution in [2.24, 2.45) is 11.8 Å². The molecular weight excluding hydrogens is 352 g/mol. The highest BCUT2D eigenvalue weighted by molar-refractivity contribution is 5.33. The van der Waals surface area contributed by atoms with Gasteiger partial charge in [-0.25, -0.2) is 0 Å². The molecule has 1 aliphatic carbocycles. The van der Waals surface area contributed by atoms with Crippen molar-refractivity contribution < 1.29 is 19.8 Å². The van der Waals surface area contributed by atoms with Crippen LogP contribution in [0.25, 0.3) is 0 Å². The molecule has 0 saturated heterocycles. The predicted molar refractivity (Wildman–Crippen MR) is 119 cm³/mol. The summed E-state index contributed by atoms with van der Waals surface area (Å²) >= 11 is 0. The second-order valence-corrected chi connectivity index (χ2v) is 8.13. The van der Waals surface area contributed by atoms with Gasteiger partial charge in [0, 0.05) is 0 Å². The maximum atomic E-state index is 8.36. The molecule has 168 valence electrons. The molecule has 4 nitrogen and oxygen atoms in total. The summed E-state index contributed by atoms with van der Waals surface area (Å²) in [4.78, 5) is 16.7. The lowest BCUT2D eigenvalue weighted by Gasteiger charge is -2.32. The van der Waals surface area contributed by atoms with Gasteiger partial charge in [0.15, 0.2) is 0 Å². The van der Waals surface area contributed by atoms with Gasteiger partial charge in [0.05, 0.1) is 0 Å². The van der Waals surface area contributed by atoms with Crippen LogP contribution in [-0.4, -0.2) is 23.2 Å². The summed E-state index contributed by atoms with van der Waals surface area (Å²) in [5.41, 5.74) is 0. The molecule has 0 amide bonds. The van der Waals surface area contributed by atoms with Gasteiger partial charge in [0.2, 0.25) is 0 Å². The lowest BCUT2D eigenvalue weighted by molar-refractivity contribution is -0.123. The van der Waals surface area contributed by atoms with E-state index >= 15 is 0 Å². The van der Waals surface area contributed by atoms with E-state index in [-0.39, 0.29) is 12.9 Å². The van der Waals surface area contributed by atoms with Gasteiger partial charge in [0.1, 0.15) is 0 Å². The lowest BCUT2D eigenvalue weighted by atomic mass is 9.74. The second-order valence-electron chi connectivity index (χ2n) is 8.13. The van der Waals surface area contributed by atoms with E-state index in [9.17, 15) is 0 Å². The summed E-state index contributed by atoms with van der Waals surface area (Å²) in [7, 11) is 0. The SMILES string of the molecule is CCCCCCCCC1CCCCC1CCCCCCCC.O=CO.O=CO. The first-order valence-corrected chi connectivity index (χ1v) is 11.9. The average Bonchev–Trinajstić information content (AvgIpc) is 2.69. The van der Waals surface area contributed by atoms with Gasteiger partial charge in [-0.15, -0.1) is 0 Å². The topological polar surface area (TPSA) is 74.6 Å². The first-order valence-electron chi connectivity index (χ1n) is 11.9. The molecular formula is C24H48O4.